The van der Waals surface area contributed by atoms with Gasteiger partial charge in [-0.25, -0.2) is 4.79 Å². The fourth-order valence-corrected chi connectivity index (χ4v) is 2.09. The van der Waals surface area contributed by atoms with Gasteiger partial charge in [0.1, 0.15) is 6.04 Å². The highest BCUT2D eigenvalue weighted by Crippen LogP contribution is 2.18. The Morgan fingerprint density at radius 3 is 2.70 bits per heavy atom. The fraction of sp³-hybridized carbons (Fsp3) is 0.500. The minimum absolute atomic E-state index is 0.184. The van der Waals surface area contributed by atoms with Crippen molar-refractivity contribution in [2.45, 2.75) is 39.7 Å². The van der Waals surface area contributed by atoms with Gasteiger partial charge in [0.2, 0.25) is 0 Å². The van der Waals surface area contributed by atoms with Crippen LogP contribution >= 0.6 is 0 Å². The van der Waals surface area contributed by atoms with Crippen LogP contribution in [0.5, 0.6) is 0 Å². The molecule has 1 aromatic rings. The van der Waals surface area contributed by atoms with Crippen LogP contribution in [0.25, 0.3) is 0 Å². The molecule has 0 amide bonds. The van der Waals surface area contributed by atoms with E-state index in [-0.39, 0.29) is 11.5 Å². The van der Waals surface area contributed by atoms with E-state index in [0.717, 1.165) is 5.56 Å². The molecular formula is C16H23NO3. The minimum Gasteiger partial charge on any atom is -0.464 e. The SMILES string of the molecule is C=CCc1ccc(=O)n(C(CC(C)C)C(=O)OCC)c1. The Kier molecular flexibility index (Phi) is 6.22. The summed E-state index contributed by atoms with van der Waals surface area (Å²) in [5.41, 5.74) is 0.772. The fourth-order valence-electron chi connectivity index (χ4n) is 2.09. The highest BCUT2D eigenvalue weighted by Gasteiger charge is 2.23. The summed E-state index contributed by atoms with van der Waals surface area (Å²) in [6, 6.07) is 2.69. The lowest BCUT2D eigenvalue weighted by molar-refractivity contribution is -0.147. The van der Waals surface area contributed by atoms with Gasteiger partial charge < -0.3 is 9.30 Å². The Morgan fingerprint density at radius 2 is 2.15 bits per heavy atom. The molecule has 4 heteroatoms. The molecular weight excluding hydrogens is 254 g/mol. The zero-order valence-electron chi connectivity index (χ0n) is 12.5. The van der Waals surface area contributed by atoms with Gasteiger partial charge in [0.15, 0.2) is 0 Å². The zero-order chi connectivity index (χ0) is 15.1. The number of ether oxygens (including phenoxy) is 1. The molecule has 0 saturated heterocycles. The maximum Gasteiger partial charge on any atom is 0.329 e. The first-order valence-electron chi connectivity index (χ1n) is 6.98. The van der Waals surface area contributed by atoms with E-state index in [4.69, 9.17) is 4.74 Å². The van der Waals surface area contributed by atoms with E-state index in [1.165, 1.54) is 10.6 Å². The predicted octanol–water partition coefficient (Wildman–Crippen LogP) is 2.73. The molecule has 0 aromatic carbocycles. The molecule has 20 heavy (non-hydrogen) atoms. The molecule has 1 heterocycles. The van der Waals surface area contributed by atoms with Gasteiger partial charge in [-0.2, -0.15) is 0 Å². The minimum atomic E-state index is -0.563. The zero-order valence-corrected chi connectivity index (χ0v) is 12.5. The maximum absolute atomic E-state index is 12.1. The third-order valence-corrected chi connectivity index (χ3v) is 2.97. The number of allylic oxidation sites excluding steroid dienone is 1. The Bertz CT molecular complexity index is 517. The first kappa shape index (κ1) is 16.2. The first-order valence-corrected chi connectivity index (χ1v) is 6.98. The van der Waals surface area contributed by atoms with E-state index in [9.17, 15) is 9.59 Å². The number of carbonyl (C=O) groups excluding carboxylic acids is 1. The van der Waals surface area contributed by atoms with E-state index in [2.05, 4.69) is 6.58 Å². The molecule has 0 fully saturated rings. The molecule has 0 N–H and O–H groups in total. The van der Waals surface area contributed by atoms with Crippen LogP contribution in [0.2, 0.25) is 0 Å². The highest BCUT2D eigenvalue weighted by molar-refractivity contribution is 5.74. The molecule has 0 aliphatic heterocycles. The summed E-state index contributed by atoms with van der Waals surface area (Å²) in [7, 11) is 0. The van der Waals surface area contributed by atoms with E-state index >= 15 is 0 Å². The second kappa shape index (κ2) is 7.68. The van der Waals surface area contributed by atoms with Crippen molar-refractivity contribution in [3.05, 3.63) is 46.9 Å². The van der Waals surface area contributed by atoms with Gasteiger partial charge in [0, 0.05) is 12.3 Å². The van der Waals surface area contributed by atoms with Crippen molar-refractivity contribution >= 4 is 5.97 Å². The van der Waals surface area contributed by atoms with Crippen molar-refractivity contribution in [2.75, 3.05) is 6.61 Å². The van der Waals surface area contributed by atoms with Crippen LogP contribution in [-0.4, -0.2) is 17.1 Å². The highest BCUT2D eigenvalue weighted by atomic mass is 16.5. The molecule has 0 aliphatic rings. The number of rotatable bonds is 7. The molecule has 1 rings (SSSR count). The summed E-state index contributed by atoms with van der Waals surface area (Å²) in [5.74, 6) is -0.0570. The number of hydrogen-bond donors (Lipinski definition) is 0. The molecule has 1 atom stereocenters. The Hall–Kier alpha value is -1.84. The van der Waals surface area contributed by atoms with Gasteiger partial charge in [0.25, 0.3) is 5.56 Å². The lowest BCUT2D eigenvalue weighted by Crippen LogP contribution is -2.31. The Labute approximate surface area is 120 Å². The number of pyridine rings is 1. The van der Waals surface area contributed by atoms with Crippen molar-refractivity contribution in [1.29, 1.82) is 0 Å². The summed E-state index contributed by atoms with van der Waals surface area (Å²) < 4.78 is 6.58. The monoisotopic (exact) mass is 277 g/mol. The summed E-state index contributed by atoms with van der Waals surface area (Å²) >= 11 is 0. The van der Waals surface area contributed by atoms with Crippen molar-refractivity contribution < 1.29 is 9.53 Å². The maximum atomic E-state index is 12.1. The predicted molar refractivity (Wildman–Crippen MR) is 79.7 cm³/mol. The Balaban J connectivity index is 3.17. The van der Waals surface area contributed by atoms with Crippen LogP contribution < -0.4 is 5.56 Å². The molecule has 0 saturated carbocycles. The number of esters is 1. The quantitative estimate of drug-likeness (QED) is 0.569. The first-order chi connectivity index (χ1) is 9.49. The van der Waals surface area contributed by atoms with Crippen LogP contribution in [0.15, 0.2) is 35.8 Å². The molecule has 1 aromatic heterocycles. The van der Waals surface area contributed by atoms with Crippen LogP contribution in [0, 0.1) is 5.92 Å². The molecule has 0 bridgehead atoms. The standard InChI is InChI=1S/C16H23NO3/c1-5-7-13-8-9-15(18)17(11-13)14(10-12(3)4)16(19)20-6-2/h5,8-9,11-12,14H,1,6-7,10H2,2-4H3. The van der Waals surface area contributed by atoms with Crippen LogP contribution in [0.3, 0.4) is 0 Å². The lowest BCUT2D eigenvalue weighted by atomic mass is 10.0. The van der Waals surface area contributed by atoms with Crippen LogP contribution in [0.4, 0.5) is 0 Å². The molecule has 4 nitrogen and oxygen atoms in total. The van der Waals surface area contributed by atoms with E-state index in [0.29, 0.717) is 25.4 Å². The van der Waals surface area contributed by atoms with Crippen LogP contribution in [-0.2, 0) is 16.0 Å². The average Bonchev–Trinajstić information content (AvgIpc) is 2.39. The van der Waals surface area contributed by atoms with Crippen molar-refractivity contribution in [3.63, 3.8) is 0 Å². The molecule has 1 unspecified atom stereocenters. The third kappa shape index (κ3) is 4.37. The summed E-state index contributed by atoms with van der Waals surface area (Å²) in [6.45, 7) is 9.80. The van der Waals surface area contributed by atoms with Gasteiger partial charge in [-0.15, -0.1) is 6.58 Å². The number of carbonyl (C=O) groups is 1. The van der Waals surface area contributed by atoms with Gasteiger partial charge >= 0.3 is 5.97 Å². The number of aromatic nitrogens is 1. The molecule has 0 spiro atoms. The van der Waals surface area contributed by atoms with Gasteiger partial charge in [-0.3, -0.25) is 4.79 Å². The topological polar surface area (TPSA) is 48.3 Å². The van der Waals surface area contributed by atoms with E-state index in [1.54, 1.807) is 25.3 Å². The normalized spacial score (nSPS) is 12.2. The van der Waals surface area contributed by atoms with E-state index < -0.39 is 6.04 Å². The lowest BCUT2D eigenvalue weighted by Gasteiger charge is -2.20. The summed E-state index contributed by atoms with van der Waals surface area (Å²) in [5, 5.41) is 0. The van der Waals surface area contributed by atoms with Crippen molar-refractivity contribution in [2.24, 2.45) is 5.92 Å². The Morgan fingerprint density at radius 1 is 1.45 bits per heavy atom. The van der Waals surface area contributed by atoms with Gasteiger partial charge in [0.05, 0.1) is 6.61 Å². The van der Waals surface area contributed by atoms with Crippen molar-refractivity contribution in [1.82, 2.24) is 4.57 Å². The summed E-state index contributed by atoms with van der Waals surface area (Å²) in [4.78, 5) is 24.1. The largest absolute Gasteiger partial charge is 0.464 e. The van der Waals surface area contributed by atoms with Crippen LogP contribution in [0.1, 0.15) is 38.8 Å². The number of hydrogen-bond acceptors (Lipinski definition) is 3. The number of nitrogens with zero attached hydrogens (tertiary/aromatic N) is 1. The second-order valence-electron chi connectivity index (χ2n) is 5.17. The van der Waals surface area contributed by atoms with Gasteiger partial charge in [-0.1, -0.05) is 26.0 Å². The smallest absolute Gasteiger partial charge is 0.329 e. The van der Waals surface area contributed by atoms with Crippen molar-refractivity contribution in [3.8, 4) is 0 Å². The third-order valence-electron chi connectivity index (χ3n) is 2.97. The second-order valence-corrected chi connectivity index (χ2v) is 5.17. The summed E-state index contributed by atoms with van der Waals surface area (Å²) in [6.07, 6.45) is 4.74. The molecule has 0 radical (unpaired) electrons. The van der Waals surface area contributed by atoms with E-state index in [1.807, 2.05) is 13.8 Å². The van der Waals surface area contributed by atoms with Gasteiger partial charge in [-0.05, 0) is 31.2 Å². The molecule has 110 valence electrons. The average molecular weight is 277 g/mol. The molecule has 0 aliphatic carbocycles.